The molecule has 1 rings (SSSR count). The van der Waals surface area contributed by atoms with Crippen molar-refractivity contribution in [2.75, 3.05) is 6.61 Å². The lowest BCUT2D eigenvalue weighted by molar-refractivity contribution is -0.137. The molecule has 1 aromatic rings. The summed E-state index contributed by atoms with van der Waals surface area (Å²) in [5.41, 5.74) is -0.592. The molecule has 0 radical (unpaired) electrons. The molecule has 1 aromatic carbocycles. The van der Waals surface area contributed by atoms with E-state index in [1.807, 2.05) is 0 Å². The van der Waals surface area contributed by atoms with Gasteiger partial charge >= 0.3 is 6.18 Å². The molecular formula is C18H27F3OSi. The second kappa shape index (κ2) is 8.69. The quantitative estimate of drug-likeness (QED) is 0.517. The fourth-order valence-electron chi connectivity index (χ4n) is 2.67. The van der Waals surface area contributed by atoms with Crippen molar-refractivity contribution in [1.29, 1.82) is 0 Å². The monoisotopic (exact) mass is 344 g/mol. The van der Waals surface area contributed by atoms with Gasteiger partial charge in [-0.25, -0.2) is 0 Å². The number of halogens is 3. The van der Waals surface area contributed by atoms with Gasteiger partial charge in [-0.3, -0.25) is 0 Å². The van der Waals surface area contributed by atoms with E-state index in [1.165, 1.54) is 17.3 Å². The minimum absolute atomic E-state index is 0.166. The number of benzene rings is 1. The molecule has 130 valence electrons. The van der Waals surface area contributed by atoms with E-state index in [-0.39, 0.29) is 6.61 Å². The van der Waals surface area contributed by atoms with E-state index in [0.717, 1.165) is 37.3 Å². The molecule has 5 heteroatoms. The molecule has 0 amide bonds. The van der Waals surface area contributed by atoms with Crippen molar-refractivity contribution in [3.8, 4) is 0 Å². The largest absolute Gasteiger partial charge is 0.416 e. The number of hydrogen-bond acceptors (Lipinski definition) is 1. The number of aliphatic hydroxyl groups is 1. The third-order valence-corrected chi connectivity index (χ3v) is 8.13. The number of alkyl halides is 3. The van der Waals surface area contributed by atoms with Gasteiger partial charge < -0.3 is 5.11 Å². The first kappa shape index (κ1) is 20.0. The van der Waals surface area contributed by atoms with Crippen LogP contribution in [0.2, 0.25) is 13.1 Å². The predicted molar refractivity (Wildman–Crippen MR) is 92.5 cm³/mol. The second-order valence-electron chi connectivity index (χ2n) is 6.40. The van der Waals surface area contributed by atoms with Gasteiger partial charge in [0.1, 0.15) is 8.07 Å². The van der Waals surface area contributed by atoms with Crippen molar-refractivity contribution in [2.45, 2.75) is 58.3 Å². The van der Waals surface area contributed by atoms with E-state index in [9.17, 15) is 13.2 Å². The molecule has 0 fully saturated rings. The summed E-state index contributed by atoms with van der Waals surface area (Å²) in [6.07, 6.45) is 2.64. The van der Waals surface area contributed by atoms with E-state index in [2.05, 4.69) is 26.1 Å². The van der Waals surface area contributed by atoms with Gasteiger partial charge in [0.15, 0.2) is 0 Å². The zero-order valence-electron chi connectivity index (χ0n) is 14.2. The minimum atomic E-state index is -4.29. The van der Waals surface area contributed by atoms with Gasteiger partial charge in [-0.1, -0.05) is 73.6 Å². The van der Waals surface area contributed by atoms with Gasteiger partial charge in [-0.15, -0.1) is 0 Å². The standard InChI is InChI=1S/C18H27F3OSi/c1-4-5-8-16(9-6-7-14-22)23(2,3)17-12-10-15(11-13-17)18(19,20)21/h9-13,22H,4-8,14H2,1-3H3/b16-9-. The Morgan fingerprint density at radius 1 is 1.13 bits per heavy atom. The van der Waals surface area contributed by atoms with Crippen LogP contribution in [-0.4, -0.2) is 19.8 Å². The van der Waals surface area contributed by atoms with Crippen molar-refractivity contribution >= 4 is 13.3 Å². The van der Waals surface area contributed by atoms with E-state index in [1.54, 1.807) is 12.1 Å². The molecular weight excluding hydrogens is 317 g/mol. The molecule has 0 aliphatic rings. The maximum atomic E-state index is 12.7. The fourth-order valence-corrected chi connectivity index (χ4v) is 5.49. The van der Waals surface area contributed by atoms with Gasteiger partial charge in [-0.05, 0) is 19.3 Å². The van der Waals surface area contributed by atoms with E-state index in [4.69, 9.17) is 5.11 Å². The van der Waals surface area contributed by atoms with E-state index in [0.29, 0.717) is 0 Å². The van der Waals surface area contributed by atoms with Crippen molar-refractivity contribution in [3.05, 3.63) is 41.1 Å². The van der Waals surface area contributed by atoms with E-state index < -0.39 is 19.8 Å². The minimum Gasteiger partial charge on any atom is -0.396 e. The summed E-state index contributed by atoms with van der Waals surface area (Å²) < 4.78 is 38.2. The first-order valence-electron chi connectivity index (χ1n) is 8.21. The van der Waals surface area contributed by atoms with Crippen LogP contribution < -0.4 is 5.19 Å². The average Bonchev–Trinajstić information content (AvgIpc) is 2.50. The van der Waals surface area contributed by atoms with Crippen molar-refractivity contribution < 1.29 is 18.3 Å². The lowest BCUT2D eigenvalue weighted by Gasteiger charge is -2.27. The molecule has 23 heavy (non-hydrogen) atoms. The fraction of sp³-hybridized carbons (Fsp3) is 0.556. The molecule has 0 aromatic heterocycles. The van der Waals surface area contributed by atoms with Crippen LogP contribution in [0.25, 0.3) is 0 Å². The van der Waals surface area contributed by atoms with Crippen LogP contribution in [0, 0.1) is 0 Å². The highest BCUT2D eigenvalue weighted by Gasteiger charge is 2.32. The lowest BCUT2D eigenvalue weighted by atomic mass is 10.2. The first-order valence-corrected chi connectivity index (χ1v) is 11.2. The molecule has 0 atom stereocenters. The summed E-state index contributed by atoms with van der Waals surface area (Å²) in [4.78, 5) is 0. The van der Waals surface area contributed by atoms with Gasteiger partial charge in [0, 0.05) is 6.61 Å². The summed E-state index contributed by atoms with van der Waals surface area (Å²) in [6, 6.07) is 5.66. The van der Waals surface area contributed by atoms with Crippen LogP contribution in [-0.2, 0) is 6.18 Å². The molecule has 0 bridgehead atoms. The molecule has 0 aliphatic carbocycles. The van der Waals surface area contributed by atoms with Crippen molar-refractivity contribution in [2.24, 2.45) is 0 Å². The van der Waals surface area contributed by atoms with Crippen LogP contribution in [0.5, 0.6) is 0 Å². The average molecular weight is 344 g/mol. The predicted octanol–water partition coefficient (Wildman–Crippen LogP) is 5.05. The maximum Gasteiger partial charge on any atom is 0.416 e. The Bertz CT molecular complexity index is 504. The Balaban J connectivity index is 3.05. The topological polar surface area (TPSA) is 20.2 Å². The van der Waals surface area contributed by atoms with Gasteiger partial charge in [0.25, 0.3) is 0 Å². The molecule has 1 N–H and O–H groups in total. The van der Waals surface area contributed by atoms with E-state index >= 15 is 0 Å². The molecule has 0 aliphatic heterocycles. The van der Waals surface area contributed by atoms with Crippen LogP contribution >= 0.6 is 0 Å². The summed E-state index contributed by atoms with van der Waals surface area (Å²) in [5.74, 6) is 0. The number of hydrogen-bond donors (Lipinski definition) is 1. The Hall–Kier alpha value is -1.07. The highest BCUT2D eigenvalue weighted by Crippen LogP contribution is 2.29. The molecule has 0 spiro atoms. The summed E-state index contributed by atoms with van der Waals surface area (Å²) >= 11 is 0. The Morgan fingerprint density at radius 2 is 1.74 bits per heavy atom. The van der Waals surface area contributed by atoms with Gasteiger partial charge in [0.2, 0.25) is 0 Å². The lowest BCUT2D eigenvalue weighted by Crippen LogP contribution is -2.44. The first-order chi connectivity index (χ1) is 10.7. The Labute approximate surface area is 138 Å². The van der Waals surface area contributed by atoms with Crippen LogP contribution in [0.1, 0.15) is 44.6 Å². The Kier molecular flexibility index (Phi) is 7.54. The smallest absolute Gasteiger partial charge is 0.396 e. The number of unbranched alkanes of at least 4 members (excludes halogenated alkanes) is 2. The number of allylic oxidation sites excluding steroid dienone is 2. The van der Waals surface area contributed by atoms with Crippen LogP contribution in [0.3, 0.4) is 0 Å². The zero-order chi connectivity index (χ0) is 17.5. The highest BCUT2D eigenvalue weighted by molar-refractivity contribution is 6.95. The summed E-state index contributed by atoms with van der Waals surface area (Å²) in [7, 11) is -1.97. The third kappa shape index (κ3) is 5.81. The number of aliphatic hydroxyl groups excluding tert-OH is 1. The number of rotatable bonds is 8. The normalized spacial score (nSPS) is 13.4. The van der Waals surface area contributed by atoms with Crippen LogP contribution in [0.4, 0.5) is 13.2 Å². The highest BCUT2D eigenvalue weighted by atomic mass is 28.3. The molecule has 0 heterocycles. The van der Waals surface area contributed by atoms with Gasteiger partial charge in [0.05, 0.1) is 5.56 Å². The maximum absolute atomic E-state index is 12.7. The third-order valence-electron chi connectivity index (χ3n) is 4.29. The zero-order valence-corrected chi connectivity index (χ0v) is 15.2. The van der Waals surface area contributed by atoms with Crippen molar-refractivity contribution in [1.82, 2.24) is 0 Å². The molecule has 1 nitrogen and oxygen atoms in total. The van der Waals surface area contributed by atoms with Gasteiger partial charge in [-0.2, -0.15) is 13.2 Å². The summed E-state index contributed by atoms with van der Waals surface area (Å²) in [6.45, 7) is 6.68. The molecule has 0 saturated heterocycles. The Morgan fingerprint density at radius 3 is 2.22 bits per heavy atom. The summed E-state index contributed by atoms with van der Waals surface area (Å²) in [5, 5.41) is 11.4. The van der Waals surface area contributed by atoms with Crippen LogP contribution in [0.15, 0.2) is 35.5 Å². The van der Waals surface area contributed by atoms with Crippen molar-refractivity contribution in [3.63, 3.8) is 0 Å². The molecule has 0 unspecified atom stereocenters. The SMILES string of the molecule is CCCC/C(=C/CCCO)[Si](C)(C)c1ccc(C(F)(F)F)cc1. The molecule has 0 saturated carbocycles. The second-order valence-corrected chi connectivity index (χ2v) is 10.9.